The summed E-state index contributed by atoms with van der Waals surface area (Å²) in [7, 11) is 0. The predicted molar refractivity (Wildman–Crippen MR) is 96.0 cm³/mol. The first-order chi connectivity index (χ1) is 10.6. The summed E-state index contributed by atoms with van der Waals surface area (Å²) in [5.41, 5.74) is 0. The molecule has 2 rings (SSSR count). The highest BCUT2D eigenvalue weighted by atomic mass is 32.2. The molecule has 0 aliphatic rings. The van der Waals surface area contributed by atoms with Gasteiger partial charge in [-0.25, -0.2) is 0 Å². The lowest BCUT2D eigenvalue weighted by Crippen LogP contribution is -1.93. The molecule has 2 aromatic rings. The standard InChI is InChI=1S/C18H20O2S2/c1-13(19)9-11-21-17-7-3-6-16-15(17)5-4-8-18(16)22-12-10-14(2)20/h3-8H,9-12H2,1-2H3. The number of benzene rings is 2. The maximum absolute atomic E-state index is 11.1. The zero-order valence-corrected chi connectivity index (χ0v) is 14.6. The van der Waals surface area contributed by atoms with Gasteiger partial charge in [-0.3, -0.25) is 9.59 Å². The zero-order chi connectivity index (χ0) is 15.9. The van der Waals surface area contributed by atoms with E-state index in [1.54, 1.807) is 37.4 Å². The second-order valence-corrected chi connectivity index (χ2v) is 7.48. The van der Waals surface area contributed by atoms with Crippen LogP contribution < -0.4 is 0 Å². The van der Waals surface area contributed by atoms with E-state index in [0.717, 1.165) is 11.5 Å². The molecule has 0 atom stereocenters. The van der Waals surface area contributed by atoms with Crippen LogP contribution in [0.3, 0.4) is 0 Å². The molecular formula is C18H20O2S2. The van der Waals surface area contributed by atoms with E-state index in [1.807, 2.05) is 0 Å². The van der Waals surface area contributed by atoms with Crippen LogP contribution in [0.1, 0.15) is 26.7 Å². The van der Waals surface area contributed by atoms with Crippen LogP contribution in [-0.4, -0.2) is 23.1 Å². The molecule has 0 aliphatic heterocycles. The summed E-state index contributed by atoms with van der Waals surface area (Å²) < 4.78 is 0. The van der Waals surface area contributed by atoms with Crippen molar-refractivity contribution in [1.29, 1.82) is 0 Å². The first kappa shape index (κ1) is 17.1. The first-order valence-corrected chi connectivity index (χ1v) is 9.31. The van der Waals surface area contributed by atoms with Crippen molar-refractivity contribution in [3.63, 3.8) is 0 Å². The van der Waals surface area contributed by atoms with Crippen molar-refractivity contribution in [3.05, 3.63) is 36.4 Å². The largest absolute Gasteiger partial charge is 0.300 e. The minimum atomic E-state index is 0.230. The lowest BCUT2D eigenvalue weighted by molar-refractivity contribution is -0.117. The number of Topliss-reactive ketones (excluding diaryl/α,β-unsaturated/α-hetero) is 2. The Hall–Kier alpha value is -1.26. The van der Waals surface area contributed by atoms with E-state index in [4.69, 9.17) is 0 Å². The van der Waals surface area contributed by atoms with Crippen molar-refractivity contribution >= 4 is 45.9 Å². The van der Waals surface area contributed by atoms with Crippen molar-refractivity contribution in [2.45, 2.75) is 36.5 Å². The Kier molecular flexibility index (Phi) is 6.52. The monoisotopic (exact) mass is 332 g/mol. The van der Waals surface area contributed by atoms with Gasteiger partial charge < -0.3 is 0 Å². The number of hydrogen-bond acceptors (Lipinski definition) is 4. The predicted octanol–water partition coefficient (Wildman–Crippen LogP) is 4.98. The molecule has 4 heteroatoms. The van der Waals surface area contributed by atoms with E-state index in [2.05, 4.69) is 36.4 Å². The Morgan fingerprint density at radius 1 is 0.773 bits per heavy atom. The summed E-state index contributed by atoms with van der Waals surface area (Å²) in [5, 5.41) is 2.45. The molecule has 0 amide bonds. The van der Waals surface area contributed by atoms with E-state index >= 15 is 0 Å². The maximum atomic E-state index is 11.1. The highest BCUT2D eigenvalue weighted by Gasteiger charge is 2.07. The average molecular weight is 332 g/mol. The van der Waals surface area contributed by atoms with Crippen LogP contribution in [0.5, 0.6) is 0 Å². The minimum absolute atomic E-state index is 0.230. The molecule has 22 heavy (non-hydrogen) atoms. The number of carbonyl (C=O) groups is 2. The van der Waals surface area contributed by atoms with Gasteiger partial charge >= 0.3 is 0 Å². The molecule has 0 N–H and O–H groups in total. The van der Waals surface area contributed by atoms with Crippen molar-refractivity contribution in [3.8, 4) is 0 Å². The lowest BCUT2D eigenvalue weighted by atomic mass is 10.1. The van der Waals surface area contributed by atoms with Gasteiger partial charge in [0.05, 0.1) is 0 Å². The van der Waals surface area contributed by atoms with E-state index in [0.29, 0.717) is 12.8 Å². The van der Waals surface area contributed by atoms with E-state index in [-0.39, 0.29) is 11.6 Å². The third-order valence-electron chi connectivity index (χ3n) is 3.27. The number of rotatable bonds is 8. The Bertz CT molecular complexity index is 621. The lowest BCUT2D eigenvalue weighted by Gasteiger charge is -2.09. The van der Waals surface area contributed by atoms with E-state index in [1.165, 1.54) is 20.6 Å². The SMILES string of the molecule is CC(=O)CCSc1cccc2c(SCCC(C)=O)cccc12. The fourth-order valence-electron chi connectivity index (χ4n) is 2.11. The second-order valence-electron chi connectivity index (χ2n) is 5.21. The van der Waals surface area contributed by atoms with Gasteiger partial charge in [0, 0.05) is 34.1 Å². The van der Waals surface area contributed by atoms with Crippen LogP contribution in [0.15, 0.2) is 46.2 Å². The average Bonchev–Trinajstić information content (AvgIpc) is 2.47. The third-order valence-corrected chi connectivity index (χ3v) is 5.42. The minimum Gasteiger partial charge on any atom is -0.300 e. The van der Waals surface area contributed by atoms with Gasteiger partial charge in [0.1, 0.15) is 11.6 Å². The molecule has 0 spiro atoms. The molecule has 2 aromatic carbocycles. The zero-order valence-electron chi connectivity index (χ0n) is 12.9. The van der Waals surface area contributed by atoms with Crippen molar-refractivity contribution in [2.24, 2.45) is 0 Å². The Morgan fingerprint density at radius 3 is 1.55 bits per heavy atom. The Labute approximate surface area is 140 Å². The normalized spacial score (nSPS) is 10.8. The van der Waals surface area contributed by atoms with Crippen molar-refractivity contribution < 1.29 is 9.59 Å². The Balaban J connectivity index is 2.18. The summed E-state index contributed by atoms with van der Waals surface area (Å²) in [6.07, 6.45) is 1.21. The molecule has 116 valence electrons. The number of hydrogen-bond donors (Lipinski definition) is 0. The third kappa shape index (κ3) is 4.89. The molecule has 0 fully saturated rings. The first-order valence-electron chi connectivity index (χ1n) is 7.34. The van der Waals surface area contributed by atoms with Gasteiger partial charge in [-0.05, 0) is 36.8 Å². The highest BCUT2D eigenvalue weighted by molar-refractivity contribution is 8.00. The van der Waals surface area contributed by atoms with Crippen LogP contribution in [0, 0.1) is 0 Å². The fourth-order valence-corrected chi connectivity index (χ4v) is 4.35. The van der Waals surface area contributed by atoms with Gasteiger partial charge in [0.2, 0.25) is 0 Å². The summed E-state index contributed by atoms with van der Waals surface area (Å²) in [5.74, 6) is 2.09. The summed E-state index contributed by atoms with van der Waals surface area (Å²) >= 11 is 3.46. The van der Waals surface area contributed by atoms with Crippen molar-refractivity contribution in [1.82, 2.24) is 0 Å². The van der Waals surface area contributed by atoms with Gasteiger partial charge in [-0.1, -0.05) is 24.3 Å². The molecule has 0 unspecified atom stereocenters. The summed E-state index contributed by atoms with van der Waals surface area (Å²) in [6, 6.07) is 12.6. The molecule has 0 saturated carbocycles. The molecule has 0 heterocycles. The molecule has 0 aromatic heterocycles. The van der Waals surface area contributed by atoms with Crippen LogP contribution in [0.4, 0.5) is 0 Å². The Morgan fingerprint density at radius 2 is 1.18 bits per heavy atom. The van der Waals surface area contributed by atoms with Crippen LogP contribution >= 0.6 is 23.5 Å². The van der Waals surface area contributed by atoms with Crippen LogP contribution in [0.25, 0.3) is 10.8 Å². The molecule has 0 bridgehead atoms. The van der Waals surface area contributed by atoms with Crippen LogP contribution in [-0.2, 0) is 9.59 Å². The summed E-state index contributed by atoms with van der Waals surface area (Å²) in [6.45, 7) is 3.26. The molecular weight excluding hydrogens is 312 g/mol. The van der Waals surface area contributed by atoms with E-state index < -0.39 is 0 Å². The molecule has 0 saturated heterocycles. The maximum Gasteiger partial charge on any atom is 0.130 e. The smallest absolute Gasteiger partial charge is 0.130 e. The number of fused-ring (bicyclic) bond motifs is 1. The van der Waals surface area contributed by atoms with Gasteiger partial charge in [0.15, 0.2) is 0 Å². The van der Waals surface area contributed by atoms with Crippen LogP contribution in [0.2, 0.25) is 0 Å². The molecule has 0 aliphatic carbocycles. The second kappa shape index (κ2) is 8.39. The highest BCUT2D eigenvalue weighted by Crippen LogP contribution is 2.34. The van der Waals surface area contributed by atoms with E-state index in [9.17, 15) is 9.59 Å². The number of carbonyl (C=O) groups excluding carboxylic acids is 2. The quantitative estimate of drug-likeness (QED) is 0.638. The molecule has 0 radical (unpaired) electrons. The summed E-state index contributed by atoms with van der Waals surface area (Å²) in [4.78, 5) is 24.6. The van der Waals surface area contributed by atoms with Gasteiger partial charge in [-0.2, -0.15) is 0 Å². The van der Waals surface area contributed by atoms with Gasteiger partial charge in [0.25, 0.3) is 0 Å². The number of thioether (sulfide) groups is 2. The van der Waals surface area contributed by atoms with Gasteiger partial charge in [-0.15, -0.1) is 23.5 Å². The number of ketones is 2. The topological polar surface area (TPSA) is 34.1 Å². The van der Waals surface area contributed by atoms with Crippen molar-refractivity contribution in [2.75, 3.05) is 11.5 Å². The fraction of sp³-hybridized carbons (Fsp3) is 0.333. The molecule has 2 nitrogen and oxygen atoms in total.